The smallest absolute Gasteiger partial charge is 0.254 e. The van der Waals surface area contributed by atoms with Gasteiger partial charge in [0.25, 0.3) is 5.91 Å². The third kappa shape index (κ3) is 2.80. The molecule has 1 saturated heterocycles. The van der Waals surface area contributed by atoms with Crippen molar-refractivity contribution in [2.24, 2.45) is 5.92 Å². The summed E-state index contributed by atoms with van der Waals surface area (Å²) >= 11 is 0. The number of nitrogens with one attached hydrogen (secondary N) is 1. The first kappa shape index (κ1) is 19.2. The predicted molar refractivity (Wildman–Crippen MR) is 125 cm³/mol. The lowest BCUT2D eigenvalue weighted by molar-refractivity contribution is 0.0251. The van der Waals surface area contributed by atoms with E-state index in [1.807, 2.05) is 36.7 Å². The van der Waals surface area contributed by atoms with E-state index in [2.05, 4.69) is 58.0 Å². The Morgan fingerprint density at radius 2 is 2.06 bits per heavy atom. The molecule has 2 unspecified atom stereocenters. The Morgan fingerprint density at radius 1 is 1.16 bits per heavy atom. The Balaban J connectivity index is 1.36. The van der Waals surface area contributed by atoms with Gasteiger partial charge in [0.2, 0.25) is 0 Å². The second kappa shape index (κ2) is 7.02. The first-order valence-corrected chi connectivity index (χ1v) is 11.3. The molecule has 0 saturated carbocycles. The Hall–Kier alpha value is -3.47. The van der Waals surface area contributed by atoms with Crippen molar-refractivity contribution in [3.05, 3.63) is 83.9 Å². The highest BCUT2D eigenvalue weighted by atomic mass is 16.2. The first-order chi connectivity index (χ1) is 15.5. The van der Waals surface area contributed by atoms with E-state index in [1.54, 1.807) is 6.33 Å². The van der Waals surface area contributed by atoms with Gasteiger partial charge in [-0.05, 0) is 70.7 Å². The van der Waals surface area contributed by atoms with Gasteiger partial charge in [0.1, 0.15) is 0 Å². The molecule has 4 aromatic rings. The molecule has 3 heterocycles. The average molecular weight is 423 g/mol. The molecule has 2 bridgehead atoms. The van der Waals surface area contributed by atoms with Gasteiger partial charge in [-0.25, -0.2) is 4.98 Å². The zero-order valence-corrected chi connectivity index (χ0v) is 18.4. The zero-order valence-electron chi connectivity index (χ0n) is 18.4. The molecule has 0 radical (unpaired) electrons. The molecule has 1 fully saturated rings. The van der Waals surface area contributed by atoms with Crippen molar-refractivity contribution < 1.29 is 4.79 Å². The largest absolute Gasteiger partial charge is 0.345 e. The quantitative estimate of drug-likeness (QED) is 0.495. The van der Waals surface area contributed by atoms with Crippen LogP contribution in [0.15, 0.2) is 67.3 Å². The van der Waals surface area contributed by atoms with Gasteiger partial charge in [0.05, 0.1) is 17.4 Å². The minimum atomic E-state index is 0.0561. The molecule has 32 heavy (non-hydrogen) atoms. The maximum Gasteiger partial charge on any atom is 0.254 e. The van der Waals surface area contributed by atoms with Crippen LogP contribution in [-0.2, 0) is 11.8 Å². The van der Waals surface area contributed by atoms with Crippen LogP contribution < -0.4 is 0 Å². The van der Waals surface area contributed by atoms with Crippen LogP contribution in [-0.4, -0.2) is 38.3 Å². The fourth-order valence-corrected chi connectivity index (χ4v) is 5.82. The van der Waals surface area contributed by atoms with Crippen LogP contribution in [0.2, 0.25) is 0 Å². The summed E-state index contributed by atoms with van der Waals surface area (Å²) < 4.78 is 0. The first-order valence-electron chi connectivity index (χ1n) is 11.3. The summed E-state index contributed by atoms with van der Waals surface area (Å²) in [6, 6.07) is 16.9. The molecule has 0 spiro atoms. The van der Waals surface area contributed by atoms with Crippen LogP contribution in [0.3, 0.4) is 0 Å². The normalized spacial score (nSPS) is 24.4. The Labute approximate surface area is 187 Å². The van der Waals surface area contributed by atoms with E-state index in [1.165, 1.54) is 16.7 Å². The number of aromatic amines is 1. The van der Waals surface area contributed by atoms with E-state index in [0.717, 1.165) is 41.5 Å². The van der Waals surface area contributed by atoms with Gasteiger partial charge < -0.3 is 9.88 Å². The summed E-state index contributed by atoms with van der Waals surface area (Å²) in [6.45, 7) is 5.48. The van der Waals surface area contributed by atoms with Crippen molar-refractivity contribution in [3.8, 4) is 11.1 Å². The number of piperidine rings is 1. The monoisotopic (exact) mass is 422 g/mol. The summed E-state index contributed by atoms with van der Waals surface area (Å²) in [5.74, 6) is 0.503. The molecule has 160 valence electrons. The fraction of sp³-hybridized carbons (Fsp3) is 0.296. The Kier molecular flexibility index (Phi) is 4.22. The number of carbonyl (C=O) groups is 1. The maximum absolute atomic E-state index is 13.6. The molecule has 1 aliphatic heterocycles. The third-order valence-corrected chi connectivity index (χ3v) is 7.93. The van der Waals surface area contributed by atoms with Crippen LogP contribution >= 0.6 is 0 Å². The molecule has 3 atom stereocenters. The van der Waals surface area contributed by atoms with E-state index in [4.69, 9.17) is 0 Å². The van der Waals surface area contributed by atoms with Gasteiger partial charge in [-0.2, -0.15) is 0 Å². The Morgan fingerprint density at radius 3 is 2.91 bits per heavy atom. The molecule has 2 aromatic heterocycles. The number of H-pyrrole nitrogens is 1. The number of aromatic nitrogens is 3. The summed E-state index contributed by atoms with van der Waals surface area (Å²) in [7, 11) is 0. The van der Waals surface area contributed by atoms with Gasteiger partial charge in [0.15, 0.2) is 0 Å². The standard InChI is InChI=1S/C27H26N4O/c1-17-25-14-19-6-5-18(21-4-3-10-28-15-21)12-22(19)27(17,2)9-11-31(25)26(32)20-7-8-23-24(13-20)30-16-29-23/h3-8,10,12-13,15-17,25H,9,11,14H2,1-2H3,(H,29,30)/t17?,25?,27-/m1/s1. The van der Waals surface area contributed by atoms with Gasteiger partial charge >= 0.3 is 0 Å². The summed E-state index contributed by atoms with van der Waals surface area (Å²) in [6.07, 6.45) is 7.28. The number of nitrogens with zero attached hydrogens (tertiary/aromatic N) is 3. The van der Waals surface area contributed by atoms with E-state index >= 15 is 0 Å². The molecule has 5 heteroatoms. The van der Waals surface area contributed by atoms with Crippen molar-refractivity contribution in [1.82, 2.24) is 19.9 Å². The van der Waals surface area contributed by atoms with Crippen molar-refractivity contribution in [2.75, 3.05) is 6.54 Å². The van der Waals surface area contributed by atoms with Crippen LogP contribution in [0.25, 0.3) is 22.2 Å². The number of fused-ring (bicyclic) bond motifs is 5. The number of carbonyl (C=O) groups excluding carboxylic acids is 1. The van der Waals surface area contributed by atoms with E-state index in [0.29, 0.717) is 5.92 Å². The van der Waals surface area contributed by atoms with E-state index in [-0.39, 0.29) is 17.4 Å². The second-order valence-corrected chi connectivity index (χ2v) is 9.47. The molecule has 1 amide bonds. The van der Waals surface area contributed by atoms with Gasteiger partial charge in [-0.15, -0.1) is 0 Å². The topological polar surface area (TPSA) is 61.9 Å². The van der Waals surface area contributed by atoms with Gasteiger partial charge in [-0.3, -0.25) is 9.78 Å². The van der Waals surface area contributed by atoms with E-state index in [9.17, 15) is 4.79 Å². The highest BCUT2D eigenvalue weighted by Crippen LogP contribution is 2.49. The second-order valence-electron chi connectivity index (χ2n) is 9.47. The van der Waals surface area contributed by atoms with Crippen LogP contribution in [0.1, 0.15) is 41.8 Å². The van der Waals surface area contributed by atoms with Crippen molar-refractivity contribution in [3.63, 3.8) is 0 Å². The highest BCUT2D eigenvalue weighted by molar-refractivity contribution is 5.97. The number of pyridine rings is 1. The van der Waals surface area contributed by atoms with Crippen molar-refractivity contribution in [2.45, 2.75) is 38.1 Å². The number of rotatable bonds is 2. The fourth-order valence-electron chi connectivity index (χ4n) is 5.82. The number of likely N-dealkylation sites (tertiary alicyclic amines) is 1. The highest BCUT2D eigenvalue weighted by Gasteiger charge is 2.49. The van der Waals surface area contributed by atoms with Crippen LogP contribution in [0.5, 0.6) is 0 Å². The molecule has 5 nitrogen and oxygen atoms in total. The average Bonchev–Trinajstić information content (AvgIpc) is 3.29. The lowest BCUT2D eigenvalue weighted by atomic mass is 9.58. The zero-order chi connectivity index (χ0) is 21.9. The van der Waals surface area contributed by atoms with E-state index < -0.39 is 0 Å². The Bertz CT molecular complexity index is 1330. The summed E-state index contributed by atoms with van der Waals surface area (Å²) in [4.78, 5) is 27.3. The number of hydrogen-bond acceptors (Lipinski definition) is 3. The molecule has 2 aliphatic rings. The molecule has 1 N–H and O–H groups in total. The minimum Gasteiger partial charge on any atom is -0.345 e. The van der Waals surface area contributed by atoms with Gasteiger partial charge in [0, 0.05) is 30.5 Å². The van der Waals surface area contributed by atoms with Crippen LogP contribution in [0.4, 0.5) is 0 Å². The number of benzene rings is 2. The van der Waals surface area contributed by atoms with Crippen molar-refractivity contribution in [1.29, 1.82) is 0 Å². The maximum atomic E-state index is 13.6. The van der Waals surface area contributed by atoms with Crippen molar-refractivity contribution >= 4 is 16.9 Å². The molecular formula is C27H26N4O. The van der Waals surface area contributed by atoms with Crippen LogP contribution in [0, 0.1) is 5.92 Å². The third-order valence-electron chi connectivity index (χ3n) is 7.93. The molecule has 1 aliphatic carbocycles. The summed E-state index contributed by atoms with van der Waals surface area (Å²) in [5.41, 5.74) is 7.75. The number of imidazole rings is 1. The molecule has 6 rings (SSSR count). The molecule has 2 aromatic carbocycles. The SMILES string of the molecule is CC1C2Cc3ccc(-c4cccnc4)cc3[C@]1(C)CCN2C(=O)c1ccc2nc[nH]c2c1. The number of amides is 1. The lowest BCUT2D eigenvalue weighted by Gasteiger charge is -2.54. The minimum absolute atomic E-state index is 0.0561. The molecular weight excluding hydrogens is 396 g/mol. The predicted octanol–water partition coefficient (Wildman–Crippen LogP) is 4.99. The van der Waals surface area contributed by atoms with Gasteiger partial charge in [-0.1, -0.05) is 38.1 Å². The number of hydrogen-bond donors (Lipinski definition) is 1. The summed E-state index contributed by atoms with van der Waals surface area (Å²) in [5, 5.41) is 0. The lowest BCUT2D eigenvalue weighted by Crippen LogP contribution is -2.59.